The predicted octanol–water partition coefficient (Wildman–Crippen LogP) is 2.46. The van der Waals surface area contributed by atoms with Gasteiger partial charge in [-0.05, 0) is 40.9 Å². The minimum Gasteiger partial charge on any atom is -0.503 e. The summed E-state index contributed by atoms with van der Waals surface area (Å²) >= 11 is 3.20. The molecule has 0 saturated heterocycles. The van der Waals surface area contributed by atoms with E-state index in [1.54, 1.807) is 18.3 Å². The third-order valence-electron chi connectivity index (χ3n) is 3.36. The maximum atomic E-state index is 12.0. The maximum absolute atomic E-state index is 12.0. The molecule has 1 amide bonds. The Bertz CT molecular complexity index is 785. The molecule has 9 heteroatoms. The van der Waals surface area contributed by atoms with Gasteiger partial charge in [0.15, 0.2) is 22.9 Å². The third-order valence-corrected chi connectivity index (χ3v) is 3.96. The van der Waals surface area contributed by atoms with E-state index in [1.807, 2.05) is 0 Å². The molecule has 0 aromatic carbocycles. The molecule has 0 aliphatic heterocycles. The second-order valence-electron chi connectivity index (χ2n) is 5.19. The summed E-state index contributed by atoms with van der Waals surface area (Å²) in [4.78, 5) is 31.6. The largest absolute Gasteiger partial charge is 0.503 e. The first-order valence-electron chi connectivity index (χ1n) is 7.84. The van der Waals surface area contributed by atoms with Crippen molar-refractivity contribution in [1.82, 2.24) is 15.3 Å². The summed E-state index contributed by atoms with van der Waals surface area (Å²) in [7, 11) is 1.39. The number of nitrogens with zero attached hydrogens (tertiary/aromatic N) is 2. The number of hydrogen-bond donors (Lipinski definition) is 2. The van der Waals surface area contributed by atoms with Crippen LogP contribution in [0, 0.1) is 0 Å². The van der Waals surface area contributed by atoms with Crippen LogP contribution in [-0.2, 0) is 4.79 Å². The number of aromatic hydroxyl groups is 1. The zero-order chi connectivity index (χ0) is 18.9. The lowest BCUT2D eigenvalue weighted by atomic mass is 10.2. The monoisotopic (exact) mass is 423 g/mol. The number of aromatic nitrogens is 2. The van der Waals surface area contributed by atoms with Crippen LogP contribution in [0.3, 0.4) is 0 Å². The van der Waals surface area contributed by atoms with Crippen LogP contribution >= 0.6 is 15.9 Å². The molecule has 8 nitrogen and oxygen atoms in total. The van der Waals surface area contributed by atoms with E-state index in [9.17, 15) is 14.7 Å². The molecule has 0 unspecified atom stereocenters. The van der Waals surface area contributed by atoms with E-state index < -0.39 is 5.91 Å². The van der Waals surface area contributed by atoms with Gasteiger partial charge in [-0.15, -0.1) is 0 Å². The van der Waals surface area contributed by atoms with Crippen molar-refractivity contribution in [2.75, 3.05) is 13.7 Å². The second-order valence-corrected chi connectivity index (χ2v) is 5.94. The Morgan fingerprint density at radius 3 is 2.73 bits per heavy atom. The van der Waals surface area contributed by atoms with Crippen LogP contribution in [0.1, 0.15) is 29.8 Å². The molecule has 138 valence electrons. The van der Waals surface area contributed by atoms with Crippen LogP contribution in [0.5, 0.6) is 17.2 Å². The fourth-order valence-corrected chi connectivity index (χ4v) is 2.40. The molecule has 2 rings (SSSR count). The summed E-state index contributed by atoms with van der Waals surface area (Å²) in [5.74, 6) is -0.654. The molecular weight excluding hydrogens is 406 g/mol. The predicted molar refractivity (Wildman–Crippen MR) is 96.2 cm³/mol. The van der Waals surface area contributed by atoms with Gasteiger partial charge in [0.2, 0.25) is 0 Å². The van der Waals surface area contributed by atoms with Crippen LogP contribution in [0.4, 0.5) is 0 Å². The van der Waals surface area contributed by atoms with E-state index in [2.05, 4.69) is 31.2 Å². The van der Waals surface area contributed by atoms with Crippen molar-refractivity contribution in [1.29, 1.82) is 0 Å². The fourth-order valence-electron chi connectivity index (χ4n) is 2.07. The lowest BCUT2D eigenvalue weighted by molar-refractivity contribution is -0.134. The van der Waals surface area contributed by atoms with Gasteiger partial charge < -0.3 is 19.9 Å². The number of carbonyl (C=O) groups excluding carboxylic acids is 2. The highest BCUT2D eigenvalue weighted by Gasteiger charge is 2.16. The van der Waals surface area contributed by atoms with E-state index >= 15 is 0 Å². The van der Waals surface area contributed by atoms with Gasteiger partial charge in [-0.1, -0.05) is 0 Å². The quantitative estimate of drug-likeness (QED) is 0.381. The highest BCUT2D eigenvalue weighted by molar-refractivity contribution is 9.10. The summed E-state index contributed by atoms with van der Waals surface area (Å²) in [5.41, 5.74) is -0.106. The first-order valence-corrected chi connectivity index (χ1v) is 8.63. The standard InChI is InChI=1S/C17H18BrN3O5/c1-25-11-7-10-19-14(15(11)23)17(24)21-8-3-2-6-13(22)26-12-5-4-9-20-16(12)18/h4-5,7,9-10,23H,2-3,6,8H2,1H3,(H,21,24). The van der Waals surface area contributed by atoms with Gasteiger partial charge in [0.1, 0.15) is 4.60 Å². The number of unbranched alkanes of at least 4 members (excludes halogenated alkanes) is 1. The Morgan fingerprint density at radius 1 is 1.19 bits per heavy atom. The Hall–Kier alpha value is -2.68. The van der Waals surface area contributed by atoms with Gasteiger partial charge in [-0.3, -0.25) is 9.59 Å². The van der Waals surface area contributed by atoms with Gasteiger partial charge >= 0.3 is 5.97 Å². The topological polar surface area (TPSA) is 111 Å². The highest BCUT2D eigenvalue weighted by atomic mass is 79.9. The zero-order valence-electron chi connectivity index (χ0n) is 14.1. The van der Waals surface area contributed by atoms with Crippen molar-refractivity contribution >= 4 is 27.8 Å². The van der Waals surface area contributed by atoms with Gasteiger partial charge in [-0.2, -0.15) is 0 Å². The number of hydrogen-bond acceptors (Lipinski definition) is 7. The number of ether oxygens (including phenoxy) is 2. The fraction of sp³-hybridized carbons (Fsp3) is 0.294. The minimum atomic E-state index is -0.511. The Kier molecular flexibility index (Phi) is 7.34. The highest BCUT2D eigenvalue weighted by Crippen LogP contribution is 2.27. The van der Waals surface area contributed by atoms with Crippen molar-refractivity contribution in [3.63, 3.8) is 0 Å². The smallest absolute Gasteiger partial charge is 0.311 e. The van der Waals surface area contributed by atoms with E-state index in [4.69, 9.17) is 9.47 Å². The molecule has 2 aromatic rings. The van der Waals surface area contributed by atoms with Crippen molar-refractivity contribution in [3.8, 4) is 17.2 Å². The maximum Gasteiger partial charge on any atom is 0.311 e. The first kappa shape index (κ1) is 19.6. The Balaban J connectivity index is 1.71. The zero-order valence-corrected chi connectivity index (χ0v) is 15.7. The summed E-state index contributed by atoms with van der Waals surface area (Å²) in [6, 6.07) is 4.77. The number of esters is 1. The number of rotatable bonds is 8. The molecule has 2 aromatic heterocycles. The van der Waals surface area contributed by atoms with Crippen molar-refractivity contribution in [2.45, 2.75) is 19.3 Å². The third kappa shape index (κ3) is 5.41. The molecule has 26 heavy (non-hydrogen) atoms. The number of methoxy groups -OCH3 is 1. The number of nitrogens with one attached hydrogen (secondary N) is 1. The molecule has 2 heterocycles. The van der Waals surface area contributed by atoms with Crippen molar-refractivity contribution in [3.05, 3.63) is 40.9 Å². The number of carbonyl (C=O) groups is 2. The van der Waals surface area contributed by atoms with Crippen LogP contribution < -0.4 is 14.8 Å². The lowest BCUT2D eigenvalue weighted by Gasteiger charge is -2.08. The van der Waals surface area contributed by atoms with Gasteiger partial charge in [0, 0.05) is 31.4 Å². The van der Waals surface area contributed by atoms with Gasteiger partial charge in [0.25, 0.3) is 5.91 Å². The van der Waals surface area contributed by atoms with Crippen LogP contribution in [-0.4, -0.2) is 40.6 Å². The molecule has 0 aliphatic rings. The van der Waals surface area contributed by atoms with Crippen molar-refractivity contribution in [2.24, 2.45) is 0 Å². The molecule has 0 atom stereocenters. The molecule has 0 spiro atoms. The molecule has 0 fully saturated rings. The number of amides is 1. The molecule has 0 radical (unpaired) electrons. The summed E-state index contributed by atoms with van der Waals surface area (Å²) in [6.45, 7) is 0.334. The minimum absolute atomic E-state index is 0.106. The van der Waals surface area contributed by atoms with Crippen LogP contribution in [0.15, 0.2) is 35.2 Å². The normalized spacial score (nSPS) is 10.2. The summed E-state index contributed by atoms with van der Waals surface area (Å²) < 4.78 is 10.6. The van der Waals surface area contributed by atoms with Crippen LogP contribution in [0.25, 0.3) is 0 Å². The van der Waals surface area contributed by atoms with Gasteiger partial charge in [-0.25, -0.2) is 9.97 Å². The van der Waals surface area contributed by atoms with Crippen LogP contribution in [0.2, 0.25) is 0 Å². The molecular formula is C17H18BrN3O5. The average Bonchev–Trinajstić information content (AvgIpc) is 2.63. The Labute approximate surface area is 158 Å². The Morgan fingerprint density at radius 2 is 2.00 bits per heavy atom. The summed E-state index contributed by atoms with van der Waals surface area (Å²) in [6.07, 6.45) is 4.27. The SMILES string of the molecule is COc1ccnc(C(=O)NCCCCC(=O)Oc2cccnc2Br)c1O. The van der Waals surface area contributed by atoms with E-state index in [1.165, 1.54) is 19.4 Å². The summed E-state index contributed by atoms with van der Waals surface area (Å²) in [5, 5.41) is 12.5. The number of pyridine rings is 2. The molecule has 0 aliphatic carbocycles. The number of halogens is 1. The lowest BCUT2D eigenvalue weighted by Crippen LogP contribution is -2.25. The van der Waals surface area contributed by atoms with E-state index in [0.29, 0.717) is 29.7 Å². The van der Waals surface area contributed by atoms with E-state index in [-0.39, 0.29) is 29.6 Å². The van der Waals surface area contributed by atoms with Gasteiger partial charge in [0.05, 0.1) is 7.11 Å². The average molecular weight is 424 g/mol. The van der Waals surface area contributed by atoms with E-state index in [0.717, 1.165) is 0 Å². The molecule has 0 saturated carbocycles. The molecule has 2 N–H and O–H groups in total. The second kappa shape index (κ2) is 9.71. The molecule has 0 bridgehead atoms. The first-order chi connectivity index (χ1) is 12.5. The van der Waals surface area contributed by atoms with Crippen molar-refractivity contribution < 1.29 is 24.2 Å².